The van der Waals surface area contributed by atoms with Gasteiger partial charge in [0.2, 0.25) is 5.91 Å². The Labute approximate surface area is 54.7 Å². The van der Waals surface area contributed by atoms with Gasteiger partial charge in [-0.2, -0.15) is 0 Å². The Bertz CT molecular complexity index is 164. The second-order valence-electron chi connectivity index (χ2n) is 2.83. The summed E-state index contributed by atoms with van der Waals surface area (Å²) >= 11 is 0. The van der Waals surface area contributed by atoms with Crippen molar-refractivity contribution in [3.8, 4) is 0 Å². The lowest BCUT2D eigenvalue weighted by atomic mass is 10.1. The number of hydrogen-bond acceptors (Lipinski definition) is 1. The van der Waals surface area contributed by atoms with Crippen LogP contribution >= 0.6 is 0 Å². The average Bonchev–Trinajstić information content (AvgIpc) is 2.44. The monoisotopic (exact) mass is 125 g/mol. The normalized spacial score (nSPS) is 39.9. The molecule has 2 atom stereocenters. The molecule has 0 unspecified atom stereocenters. The average molecular weight is 125 g/mol. The first-order chi connectivity index (χ1) is 4.11. The molecule has 0 saturated heterocycles. The molecule has 0 radical (unpaired) electrons. The summed E-state index contributed by atoms with van der Waals surface area (Å²) in [6, 6.07) is 0. The fourth-order valence-electron chi connectivity index (χ4n) is 1.02. The summed E-state index contributed by atoms with van der Waals surface area (Å²) in [6.45, 7) is 5.47. The van der Waals surface area contributed by atoms with E-state index in [1.165, 1.54) is 0 Å². The Morgan fingerprint density at radius 1 is 2.00 bits per heavy atom. The molecule has 50 valence electrons. The fraction of sp³-hybridized carbons (Fsp3) is 0.571. The quantitative estimate of drug-likeness (QED) is 0.542. The molecule has 1 rings (SSSR count). The van der Waals surface area contributed by atoms with E-state index in [1.807, 2.05) is 6.92 Å². The van der Waals surface area contributed by atoms with E-state index in [1.54, 1.807) is 6.08 Å². The Balaban J connectivity index is 2.62. The second-order valence-corrected chi connectivity index (χ2v) is 2.83. The summed E-state index contributed by atoms with van der Waals surface area (Å²) in [5, 5.41) is 0. The number of rotatable bonds is 2. The highest BCUT2D eigenvalue weighted by Gasteiger charge is 2.52. The maximum atomic E-state index is 10.6. The van der Waals surface area contributed by atoms with E-state index in [4.69, 9.17) is 5.73 Å². The fourth-order valence-corrected chi connectivity index (χ4v) is 1.02. The number of hydrogen-bond donors (Lipinski definition) is 1. The van der Waals surface area contributed by atoms with Gasteiger partial charge in [0.15, 0.2) is 0 Å². The molecule has 2 N–H and O–H groups in total. The van der Waals surface area contributed by atoms with Crippen molar-refractivity contribution in [2.45, 2.75) is 13.3 Å². The van der Waals surface area contributed by atoms with Crippen LogP contribution < -0.4 is 5.73 Å². The van der Waals surface area contributed by atoms with Crippen molar-refractivity contribution < 1.29 is 4.79 Å². The lowest BCUT2D eigenvalue weighted by Crippen LogP contribution is -2.23. The van der Waals surface area contributed by atoms with E-state index in [0.717, 1.165) is 6.42 Å². The molecule has 2 nitrogen and oxygen atoms in total. The van der Waals surface area contributed by atoms with Gasteiger partial charge in [-0.25, -0.2) is 0 Å². The van der Waals surface area contributed by atoms with Crippen LogP contribution in [-0.4, -0.2) is 5.91 Å². The number of amides is 1. The Morgan fingerprint density at radius 3 is 2.67 bits per heavy atom. The van der Waals surface area contributed by atoms with Gasteiger partial charge in [-0.15, -0.1) is 6.58 Å². The third kappa shape index (κ3) is 0.745. The van der Waals surface area contributed by atoms with E-state index in [2.05, 4.69) is 6.58 Å². The summed E-state index contributed by atoms with van der Waals surface area (Å²) in [5.74, 6) is 0.127. The molecule has 2 heteroatoms. The smallest absolute Gasteiger partial charge is 0.223 e. The third-order valence-corrected chi connectivity index (χ3v) is 2.15. The zero-order chi connectivity index (χ0) is 7.07. The van der Waals surface area contributed by atoms with Crippen molar-refractivity contribution in [3.63, 3.8) is 0 Å². The molecule has 0 aromatic carbocycles. The van der Waals surface area contributed by atoms with E-state index in [0.29, 0.717) is 5.92 Å². The summed E-state index contributed by atoms with van der Waals surface area (Å²) in [4.78, 5) is 10.6. The van der Waals surface area contributed by atoms with Crippen LogP contribution in [0, 0.1) is 11.3 Å². The maximum Gasteiger partial charge on any atom is 0.223 e. The molecule has 0 bridgehead atoms. The molecule has 1 amide bonds. The predicted octanol–water partition coefficient (Wildman–Crippen LogP) is 0.684. The molecule has 0 spiro atoms. The van der Waals surface area contributed by atoms with Crippen molar-refractivity contribution in [1.29, 1.82) is 0 Å². The molecule has 1 saturated carbocycles. The minimum absolute atomic E-state index is 0.201. The first kappa shape index (κ1) is 6.33. The molecule has 1 aliphatic rings. The van der Waals surface area contributed by atoms with Crippen LogP contribution in [0.15, 0.2) is 12.7 Å². The molecule has 1 aliphatic carbocycles. The van der Waals surface area contributed by atoms with Crippen LogP contribution in [0.4, 0.5) is 0 Å². The van der Waals surface area contributed by atoms with Crippen LogP contribution in [-0.2, 0) is 4.79 Å². The zero-order valence-electron chi connectivity index (χ0n) is 5.55. The molecule has 0 aromatic heterocycles. The number of nitrogens with two attached hydrogens (primary N) is 1. The Morgan fingerprint density at radius 2 is 2.56 bits per heavy atom. The van der Waals surface area contributed by atoms with Gasteiger partial charge in [0, 0.05) is 0 Å². The van der Waals surface area contributed by atoms with Gasteiger partial charge in [-0.05, 0) is 12.3 Å². The van der Waals surface area contributed by atoms with E-state index in [9.17, 15) is 4.79 Å². The Kier molecular flexibility index (Phi) is 1.12. The van der Waals surface area contributed by atoms with E-state index < -0.39 is 0 Å². The number of carbonyl (C=O) groups excluding carboxylic acids is 1. The molecule has 0 heterocycles. The SMILES string of the molecule is C=C[C@@H]1C[C@]1(C)C(N)=O. The largest absolute Gasteiger partial charge is 0.369 e. The number of allylic oxidation sites excluding steroid dienone is 1. The first-order valence-electron chi connectivity index (χ1n) is 3.03. The summed E-state index contributed by atoms with van der Waals surface area (Å²) in [7, 11) is 0. The van der Waals surface area contributed by atoms with Crippen LogP contribution in [0.25, 0.3) is 0 Å². The topological polar surface area (TPSA) is 43.1 Å². The van der Waals surface area contributed by atoms with E-state index in [-0.39, 0.29) is 11.3 Å². The summed E-state index contributed by atoms with van der Waals surface area (Å²) < 4.78 is 0. The number of primary amides is 1. The van der Waals surface area contributed by atoms with Crippen LogP contribution in [0.5, 0.6) is 0 Å². The molecule has 1 fully saturated rings. The highest BCUT2D eigenvalue weighted by Crippen LogP contribution is 2.52. The van der Waals surface area contributed by atoms with Crippen molar-refractivity contribution in [3.05, 3.63) is 12.7 Å². The van der Waals surface area contributed by atoms with Crippen LogP contribution in [0.3, 0.4) is 0 Å². The van der Waals surface area contributed by atoms with Crippen LogP contribution in [0.1, 0.15) is 13.3 Å². The highest BCUT2D eigenvalue weighted by molar-refractivity contribution is 5.84. The van der Waals surface area contributed by atoms with Gasteiger partial charge in [0.1, 0.15) is 0 Å². The summed E-state index contributed by atoms with van der Waals surface area (Å²) in [5.41, 5.74) is 4.85. The van der Waals surface area contributed by atoms with Crippen molar-refractivity contribution in [1.82, 2.24) is 0 Å². The molecule has 0 aliphatic heterocycles. The molecular weight excluding hydrogens is 114 g/mol. The highest BCUT2D eigenvalue weighted by atomic mass is 16.1. The van der Waals surface area contributed by atoms with Gasteiger partial charge >= 0.3 is 0 Å². The van der Waals surface area contributed by atoms with Gasteiger partial charge in [-0.1, -0.05) is 13.0 Å². The zero-order valence-corrected chi connectivity index (χ0v) is 5.55. The van der Waals surface area contributed by atoms with Gasteiger partial charge < -0.3 is 5.73 Å². The van der Waals surface area contributed by atoms with Crippen molar-refractivity contribution in [2.75, 3.05) is 0 Å². The minimum Gasteiger partial charge on any atom is -0.369 e. The van der Waals surface area contributed by atoms with Gasteiger partial charge in [-0.3, -0.25) is 4.79 Å². The van der Waals surface area contributed by atoms with E-state index >= 15 is 0 Å². The van der Waals surface area contributed by atoms with Crippen LogP contribution in [0.2, 0.25) is 0 Å². The van der Waals surface area contributed by atoms with Gasteiger partial charge in [0.05, 0.1) is 5.41 Å². The lowest BCUT2D eigenvalue weighted by Gasteiger charge is -2.00. The number of carbonyl (C=O) groups is 1. The Hall–Kier alpha value is -0.790. The third-order valence-electron chi connectivity index (χ3n) is 2.15. The molecular formula is C7H11NO. The standard InChI is InChI=1S/C7H11NO/c1-3-5-4-7(5,2)6(8)9/h3,5H,1,4H2,2H3,(H2,8,9)/t5-,7+/m1/s1. The lowest BCUT2D eigenvalue weighted by molar-refractivity contribution is -0.122. The second kappa shape index (κ2) is 1.59. The minimum atomic E-state index is -0.262. The van der Waals surface area contributed by atoms with Crippen molar-refractivity contribution >= 4 is 5.91 Å². The summed E-state index contributed by atoms with van der Waals surface area (Å²) in [6.07, 6.45) is 2.68. The molecule has 0 aromatic rings. The predicted molar refractivity (Wildman–Crippen MR) is 35.6 cm³/mol. The molecule has 9 heavy (non-hydrogen) atoms. The maximum absolute atomic E-state index is 10.6. The van der Waals surface area contributed by atoms with Crippen molar-refractivity contribution in [2.24, 2.45) is 17.1 Å². The first-order valence-corrected chi connectivity index (χ1v) is 3.03. The van der Waals surface area contributed by atoms with Gasteiger partial charge in [0.25, 0.3) is 0 Å².